The van der Waals surface area contributed by atoms with Crippen LogP contribution in [0.4, 0.5) is 4.39 Å². The van der Waals surface area contributed by atoms with Gasteiger partial charge in [0.25, 0.3) is 0 Å². The molecule has 2 aromatic rings. The second kappa shape index (κ2) is 9.57. The van der Waals surface area contributed by atoms with Crippen LogP contribution in [0.25, 0.3) is 0 Å². The normalized spacial score (nSPS) is 15.6. The molecule has 0 aromatic heterocycles. The summed E-state index contributed by atoms with van der Waals surface area (Å²) in [6.45, 7) is 5.62. The van der Waals surface area contributed by atoms with Crippen LogP contribution in [0.15, 0.2) is 47.4 Å². The zero-order valence-corrected chi connectivity index (χ0v) is 18.1. The van der Waals surface area contributed by atoms with Crippen molar-refractivity contribution < 1.29 is 22.3 Å². The number of benzene rings is 2. The number of carbonyl (C=O) groups excluding carboxylic acids is 1. The lowest BCUT2D eigenvalue weighted by atomic mass is 10.1. The molecule has 0 radical (unpaired) electrons. The van der Waals surface area contributed by atoms with E-state index in [0.29, 0.717) is 26.1 Å². The molecular weight excluding hydrogens is 407 g/mol. The number of rotatable bonds is 6. The topological polar surface area (TPSA) is 66.9 Å². The Morgan fingerprint density at radius 2 is 1.77 bits per heavy atom. The Morgan fingerprint density at radius 3 is 2.50 bits per heavy atom. The highest BCUT2D eigenvalue weighted by atomic mass is 32.2. The average molecular weight is 435 g/mol. The summed E-state index contributed by atoms with van der Waals surface area (Å²) in [6, 6.07) is 10.6. The van der Waals surface area contributed by atoms with Crippen molar-refractivity contribution in [1.29, 1.82) is 0 Å². The number of aryl methyl sites for hydroxylation is 1. The summed E-state index contributed by atoms with van der Waals surface area (Å²) < 4.78 is 45.8. The summed E-state index contributed by atoms with van der Waals surface area (Å²) in [7, 11) is -3.71. The highest BCUT2D eigenvalue weighted by molar-refractivity contribution is 7.89. The molecule has 1 aliphatic heterocycles. The van der Waals surface area contributed by atoms with E-state index >= 15 is 0 Å². The van der Waals surface area contributed by atoms with Gasteiger partial charge in [0.2, 0.25) is 15.9 Å². The Hall–Kier alpha value is -2.45. The molecule has 1 fully saturated rings. The number of carbonyl (C=O) groups is 1. The number of hydrogen-bond donors (Lipinski definition) is 0. The molecule has 1 aliphatic rings. The molecule has 0 atom stereocenters. The number of hydrogen-bond acceptors (Lipinski definition) is 4. The van der Waals surface area contributed by atoms with Crippen LogP contribution in [0, 0.1) is 19.7 Å². The van der Waals surface area contributed by atoms with Gasteiger partial charge in [0.1, 0.15) is 11.6 Å². The smallest absolute Gasteiger partial charge is 0.243 e. The Labute approximate surface area is 177 Å². The van der Waals surface area contributed by atoms with Gasteiger partial charge in [0.05, 0.1) is 17.9 Å². The summed E-state index contributed by atoms with van der Waals surface area (Å²) in [5, 5.41) is 0. The van der Waals surface area contributed by atoms with Gasteiger partial charge in [-0.1, -0.05) is 12.1 Å². The van der Waals surface area contributed by atoms with Crippen LogP contribution in [-0.4, -0.2) is 56.3 Å². The second-order valence-electron chi connectivity index (χ2n) is 7.39. The van der Waals surface area contributed by atoms with Crippen molar-refractivity contribution in [1.82, 2.24) is 9.21 Å². The van der Waals surface area contributed by atoms with Crippen LogP contribution < -0.4 is 4.74 Å². The minimum absolute atomic E-state index is 0.0543. The van der Waals surface area contributed by atoms with Crippen LogP contribution in [0.2, 0.25) is 0 Å². The summed E-state index contributed by atoms with van der Waals surface area (Å²) in [6.07, 6.45) is 0.780. The second-order valence-corrected chi connectivity index (χ2v) is 9.33. The van der Waals surface area contributed by atoms with Crippen molar-refractivity contribution in [2.24, 2.45) is 0 Å². The maximum atomic E-state index is 13.1. The quantitative estimate of drug-likeness (QED) is 0.701. The van der Waals surface area contributed by atoms with E-state index in [4.69, 9.17) is 4.74 Å². The number of sulfonamides is 1. The standard InChI is InChI=1S/C22H27FN2O4S/c1-17-5-3-6-21(18(17)2)29-16-11-22(26)24-12-4-13-25(15-14-24)30(27,28)20-9-7-19(23)8-10-20/h3,5-10H,4,11-16H2,1-2H3. The molecule has 3 rings (SSSR count). The molecule has 0 N–H and O–H groups in total. The van der Waals surface area contributed by atoms with Crippen molar-refractivity contribution >= 4 is 15.9 Å². The van der Waals surface area contributed by atoms with Gasteiger partial charge in [0, 0.05) is 26.2 Å². The van der Waals surface area contributed by atoms with E-state index in [1.807, 2.05) is 32.0 Å². The number of nitrogens with zero attached hydrogens (tertiary/aromatic N) is 2. The van der Waals surface area contributed by atoms with Crippen molar-refractivity contribution in [2.45, 2.75) is 31.6 Å². The predicted octanol–water partition coefficient (Wildman–Crippen LogP) is 3.13. The lowest BCUT2D eigenvalue weighted by Crippen LogP contribution is -2.37. The third kappa shape index (κ3) is 5.17. The summed E-state index contributed by atoms with van der Waals surface area (Å²) in [5.74, 6) is 0.237. The van der Waals surface area contributed by atoms with Crippen molar-refractivity contribution in [3.63, 3.8) is 0 Å². The van der Waals surface area contributed by atoms with Gasteiger partial charge in [-0.3, -0.25) is 4.79 Å². The monoisotopic (exact) mass is 434 g/mol. The average Bonchev–Trinajstić information content (AvgIpc) is 2.98. The van der Waals surface area contributed by atoms with Gasteiger partial charge < -0.3 is 9.64 Å². The molecule has 1 heterocycles. The maximum absolute atomic E-state index is 13.1. The predicted molar refractivity (Wildman–Crippen MR) is 112 cm³/mol. The van der Waals surface area contributed by atoms with Crippen LogP contribution in [0.5, 0.6) is 5.75 Å². The fourth-order valence-corrected chi connectivity index (χ4v) is 4.90. The van der Waals surface area contributed by atoms with Gasteiger partial charge in [0.15, 0.2) is 0 Å². The molecule has 6 nitrogen and oxygen atoms in total. The molecule has 8 heteroatoms. The van der Waals surface area contributed by atoms with E-state index in [-0.39, 0.29) is 30.4 Å². The Morgan fingerprint density at radius 1 is 1.03 bits per heavy atom. The van der Waals surface area contributed by atoms with Crippen LogP contribution >= 0.6 is 0 Å². The summed E-state index contributed by atoms with van der Waals surface area (Å²) in [5.41, 5.74) is 2.19. The molecule has 2 aromatic carbocycles. The maximum Gasteiger partial charge on any atom is 0.243 e. The van der Waals surface area contributed by atoms with Gasteiger partial charge in [-0.15, -0.1) is 0 Å². The number of ether oxygens (including phenoxy) is 1. The molecule has 0 spiro atoms. The van der Waals surface area contributed by atoms with Crippen LogP contribution in [0.1, 0.15) is 24.0 Å². The third-order valence-corrected chi connectivity index (χ3v) is 7.30. The van der Waals surface area contributed by atoms with Crippen LogP contribution in [0.3, 0.4) is 0 Å². The molecule has 1 saturated heterocycles. The Kier molecular flexibility index (Phi) is 7.10. The first kappa shape index (κ1) is 22.2. The zero-order valence-electron chi connectivity index (χ0n) is 17.3. The minimum Gasteiger partial charge on any atom is -0.493 e. The fraction of sp³-hybridized carbons (Fsp3) is 0.409. The highest BCUT2D eigenvalue weighted by Gasteiger charge is 2.28. The van der Waals surface area contributed by atoms with E-state index in [0.717, 1.165) is 29.0 Å². The van der Waals surface area contributed by atoms with Gasteiger partial charge in [-0.2, -0.15) is 4.31 Å². The molecule has 0 unspecified atom stereocenters. The first-order valence-electron chi connectivity index (χ1n) is 10.0. The van der Waals surface area contributed by atoms with Crippen molar-refractivity contribution in [2.75, 3.05) is 32.8 Å². The Balaban J connectivity index is 1.54. The zero-order chi connectivity index (χ0) is 21.7. The lowest BCUT2D eigenvalue weighted by Gasteiger charge is -2.22. The molecule has 30 heavy (non-hydrogen) atoms. The van der Waals surface area contributed by atoms with Gasteiger partial charge >= 0.3 is 0 Å². The van der Waals surface area contributed by atoms with E-state index in [1.54, 1.807) is 4.90 Å². The van der Waals surface area contributed by atoms with Crippen molar-refractivity contribution in [3.8, 4) is 5.75 Å². The SMILES string of the molecule is Cc1cccc(OCCC(=O)N2CCCN(S(=O)(=O)c3ccc(F)cc3)CC2)c1C. The van der Waals surface area contributed by atoms with Gasteiger partial charge in [-0.05, 0) is 61.7 Å². The van der Waals surface area contributed by atoms with E-state index in [2.05, 4.69) is 0 Å². The van der Waals surface area contributed by atoms with E-state index in [1.165, 1.54) is 16.4 Å². The highest BCUT2D eigenvalue weighted by Crippen LogP contribution is 2.21. The summed E-state index contributed by atoms with van der Waals surface area (Å²) in [4.78, 5) is 14.3. The lowest BCUT2D eigenvalue weighted by molar-refractivity contribution is -0.131. The summed E-state index contributed by atoms with van der Waals surface area (Å²) >= 11 is 0. The van der Waals surface area contributed by atoms with E-state index < -0.39 is 15.8 Å². The van der Waals surface area contributed by atoms with Gasteiger partial charge in [-0.25, -0.2) is 12.8 Å². The Bertz CT molecular complexity index is 993. The van der Waals surface area contributed by atoms with Crippen LogP contribution in [-0.2, 0) is 14.8 Å². The number of halogens is 1. The first-order valence-corrected chi connectivity index (χ1v) is 11.5. The molecule has 1 amide bonds. The molecule has 0 aliphatic carbocycles. The largest absolute Gasteiger partial charge is 0.493 e. The first-order chi connectivity index (χ1) is 14.3. The molecule has 0 bridgehead atoms. The third-order valence-electron chi connectivity index (χ3n) is 5.39. The molecule has 0 saturated carbocycles. The fourth-order valence-electron chi connectivity index (χ4n) is 3.43. The number of amides is 1. The minimum atomic E-state index is -3.71. The molecule has 162 valence electrons. The van der Waals surface area contributed by atoms with E-state index in [9.17, 15) is 17.6 Å². The van der Waals surface area contributed by atoms with Crippen molar-refractivity contribution in [3.05, 3.63) is 59.4 Å². The molecular formula is C22H27FN2O4S.